The summed E-state index contributed by atoms with van der Waals surface area (Å²) in [5.41, 5.74) is -0.535. The van der Waals surface area contributed by atoms with Crippen molar-refractivity contribution in [3.63, 3.8) is 0 Å². The summed E-state index contributed by atoms with van der Waals surface area (Å²) >= 11 is 0. The zero-order chi connectivity index (χ0) is 9.19. The normalized spacial score (nSPS) is 23.0. The standard InChI is InChI=1S/C8H15N3O/c1-4-9-10-7(2)11-5-8(3,12)6-11/h4,12H,5-6H2,1-3H3/b9-4-,10-7+. The Morgan fingerprint density at radius 1 is 1.58 bits per heavy atom. The fourth-order valence-corrected chi connectivity index (χ4v) is 1.21. The van der Waals surface area contributed by atoms with Crippen LogP contribution in [0.2, 0.25) is 0 Å². The van der Waals surface area contributed by atoms with Crippen LogP contribution >= 0.6 is 0 Å². The van der Waals surface area contributed by atoms with Gasteiger partial charge in [0.15, 0.2) is 0 Å². The van der Waals surface area contributed by atoms with Gasteiger partial charge in [0.05, 0.1) is 5.60 Å². The number of nitrogens with zero attached hydrogens (tertiary/aromatic N) is 3. The molecule has 0 atom stereocenters. The van der Waals surface area contributed by atoms with Gasteiger partial charge in [0.2, 0.25) is 0 Å². The molecule has 0 bridgehead atoms. The van der Waals surface area contributed by atoms with Crippen LogP contribution in [0.5, 0.6) is 0 Å². The van der Waals surface area contributed by atoms with Gasteiger partial charge in [0, 0.05) is 19.3 Å². The second-order valence-electron chi connectivity index (χ2n) is 3.37. The molecule has 1 heterocycles. The first-order chi connectivity index (χ1) is 5.55. The van der Waals surface area contributed by atoms with Crippen molar-refractivity contribution in [2.75, 3.05) is 13.1 Å². The molecule has 0 radical (unpaired) electrons. The molecule has 1 aliphatic rings. The van der Waals surface area contributed by atoms with Crippen molar-refractivity contribution < 1.29 is 5.11 Å². The average molecular weight is 169 g/mol. The molecule has 0 saturated carbocycles. The zero-order valence-electron chi connectivity index (χ0n) is 7.78. The molecule has 0 aromatic heterocycles. The maximum absolute atomic E-state index is 9.42. The third-order valence-electron chi connectivity index (χ3n) is 1.84. The summed E-state index contributed by atoms with van der Waals surface area (Å²) in [6.07, 6.45) is 1.64. The first-order valence-corrected chi connectivity index (χ1v) is 4.05. The molecule has 0 aromatic carbocycles. The van der Waals surface area contributed by atoms with E-state index in [1.165, 1.54) is 0 Å². The summed E-state index contributed by atoms with van der Waals surface area (Å²) < 4.78 is 0. The number of rotatable bonds is 1. The molecule has 1 fully saturated rings. The highest BCUT2D eigenvalue weighted by Crippen LogP contribution is 2.19. The van der Waals surface area contributed by atoms with Crippen molar-refractivity contribution in [3.8, 4) is 0 Å². The van der Waals surface area contributed by atoms with Crippen LogP contribution in [0.1, 0.15) is 20.8 Å². The minimum Gasteiger partial charge on any atom is -0.386 e. The Kier molecular flexibility index (Phi) is 2.47. The highest BCUT2D eigenvalue weighted by Gasteiger charge is 2.37. The highest BCUT2D eigenvalue weighted by molar-refractivity contribution is 5.81. The molecular formula is C8H15N3O. The van der Waals surface area contributed by atoms with E-state index in [4.69, 9.17) is 0 Å². The van der Waals surface area contributed by atoms with E-state index >= 15 is 0 Å². The number of hydrogen-bond acceptors (Lipinski definition) is 3. The lowest BCUT2D eigenvalue weighted by molar-refractivity contribution is -0.0500. The Bertz CT molecular complexity index is 212. The van der Waals surface area contributed by atoms with Crippen LogP contribution in [0.15, 0.2) is 10.2 Å². The molecule has 0 amide bonds. The molecule has 1 rings (SSSR count). The van der Waals surface area contributed by atoms with Gasteiger partial charge in [0.25, 0.3) is 0 Å². The SMILES string of the molecule is C/C=N\N=C(/C)N1CC(C)(O)C1. The van der Waals surface area contributed by atoms with E-state index in [1.54, 1.807) is 6.21 Å². The third-order valence-corrected chi connectivity index (χ3v) is 1.84. The van der Waals surface area contributed by atoms with Crippen LogP contribution in [-0.2, 0) is 0 Å². The van der Waals surface area contributed by atoms with E-state index in [0.717, 1.165) is 5.84 Å². The molecule has 0 aliphatic carbocycles. The lowest BCUT2D eigenvalue weighted by atomic mass is 9.97. The molecule has 4 heteroatoms. The largest absolute Gasteiger partial charge is 0.386 e. The van der Waals surface area contributed by atoms with Gasteiger partial charge in [-0.3, -0.25) is 0 Å². The summed E-state index contributed by atoms with van der Waals surface area (Å²) in [5.74, 6) is 0.861. The molecule has 1 saturated heterocycles. The maximum Gasteiger partial charge on any atom is 0.124 e. The lowest BCUT2D eigenvalue weighted by Gasteiger charge is -2.45. The van der Waals surface area contributed by atoms with Crippen LogP contribution in [0.3, 0.4) is 0 Å². The Balaban J connectivity index is 2.42. The van der Waals surface area contributed by atoms with Crippen molar-refractivity contribution in [3.05, 3.63) is 0 Å². The monoisotopic (exact) mass is 169 g/mol. The van der Waals surface area contributed by atoms with Gasteiger partial charge < -0.3 is 10.0 Å². The van der Waals surface area contributed by atoms with E-state index < -0.39 is 5.60 Å². The molecule has 0 spiro atoms. The fourth-order valence-electron chi connectivity index (χ4n) is 1.21. The summed E-state index contributed by atoms with van der Waals surface area (Å²) in [6.45, 7) is 6.84. The summed E-state index contributed by atoms with van der Waals surface area (Å²) in [4.78, 5) is 1.99. The van der Waals surface area contributed by atoms with Crippen LogP contribution in [-0.4, -0.2) is 40.7 Å². The maximum atomic E-state index is 9.42. The van der Waals surface area contributed by atoms with Crippen molar-refractivity contribution in [1.29, 1.82) is 0 Å². The number of hydrogen-bond donors (Lipinski definition) is 1. The second kappa shape index (κ2) is 3.23. The topological polar surface area (TPSA) is 48.2 Å². The number of amidine groups is 1. The zero-order valence-corrected chi connectivity index (χ0v) is 7.78. The van der Waals surface area contributed by atoms with Crippen LogP contribution in [0.25, 0.3) is 0 Å². The Labute approximate surface area is 72.6 Å². The summed E-state index contributed by atoms with van der Waals surface area (Å²) in [5, 5.41) is 17.1. The first kappa shape index (κ1) is 9.19. The number of β-amino-alcohol motifs (C(OH)–C–C–N with tert-alkyl or cyclic N) is 1. The first-order valence-electron chi connectivity index (χ1n) is 4.05. The van der Waals surface area contributed by atoms with Crippen molar-refractivity contribution >= 4 is 12.1 Å². The third kappa shape index (κ3) is 2.04. The van der Waals surface area contributed by atoms with Crippen LogP contribution < -0.4 is 0 Å². The molecule has 12 heavy (non-hydrogen) atoms. The minimum atomic E-state index is -0.535. The number of aliphatic hydroxyl groups is 1. The smallest absolute Gasteiger partial charge is 0.124 e. The molecule has 1 aliphatic heterocycles. The fraction of sp³-hybridized carbons (Fsp3) is 0.750. The van der Waals surface area contributed by atoms with Gasteiger partial charge in [-0.1, -0.05) is 0 Å². The quantitative estimate of drug-likeness (QED) is 0.352. The summed E-state index contributed by atoms with van der Waals surface area (Å²) in [6, 6.07) is 0. The van der Waals surface area contributed by atoms with Crippen LogP contribution in [0, 0.1) is 0 Å². The van der Waals surface area contributed by atoms with Gasteiger partial charge >= 0.3 is 0 Å². The predicted octanol–water partition coefficient (Wildman–Crippen LogP) is 0.477. The Morgan fingerprint density at radius 3 is 2.58 bits per heavy atom. The van der Waals surface area contributed by atoms with Gasteiger partial charge in [0.1, 0.15) is 5.84 Å². The highest BCUT2D eigenvalue weighted by atomic mass is 16.3. The second-order valence-corrected chi connectivity index (χ2v) is 3.37. The van der Waals surface area contributed by atoms with E-state index in [-0.39, 0.29) is 0 Å². The van der Waals surface area contributed by atoms with E-state index in [9.17, 15) is 5.11 Å². The average Bonchev–Trinajstić information content (AvgIpc) is 1.95. The Morgan fingerprint density at radius 2 is 2.17 bits per heavy atom. The van der Waals surface area contributed by atoms with Gasteiger partial charge in [-0.15, -0.1) is 5.10 Å². The van der Waals surface area contributed by atoms with Gasteiger partial charge in [-0.2, -0.15) is 5.10 Å². The molecule has 0 unspecified atom stereocenters. The predicted molar refractivity (Wildman–Crippen MR) is 49.5 cm³/mol. The van der Waals surface area contributed by atoms with E-state index in [2.05, 4.69) is 10.2 Å². The lowest BCUT2D eigenvalue weighted by Crippen LogP contribution is -2.61. The summed E-state index contributed by atoms with van der Waals surface area (Å²) in [7, 11) is 0. The van der Waals surface area contributed by atoms with Crippen molar-refractivity contribution in [2.24, 2.45) is 10.2 Å². The molecular weight excluding hydrogens is 154 g/mol. The van der Waals surface area contributed by atoms with Crippen LogP contribution in [0.4, 0.5) is 0 Å². The van der Waals surface area contributed by atoms with Gasteiger partial charge in [-0.25, -0.2) is 0 Å². The minimum absolute atomic E-state index is 0.535. The Hall–Kier alpha value is -0.900. The van der Waals surface area contributed by atoms with Crippen molar-refractivity contribution in [1.82, 2.24) is 4.90 Å². The molecule has 1 N–H and O–H groups in total. The molecule has 4 nitrogen and oxygen atoms in total. The molecule has 0 aromatic rings. The van der Waals surface area contributed by atoms with Gasteiger partial charge in [-0.05, 0) is 20.8 Å². The van der Waals surface area contributed by atoms with E-state index in [0.29, 0.717) is 13.1 Å². The van der Waals surface area contributed by atoms with Crippen molar-refractivity contribution in [2.45, 2.75) is 26.4 Å². The molecule has 68 valence electrons. The van der Waals surface area contributed by atoms with E-state index in [1.807, 2.05) is 25.7 Å². The number of likely N-dealkylation sites (tertiary alicyclic amines) is 1.